The van der Waals surface area contributed by atoms with Crippen molar-refractivity contribution in [2.24, 2.45) is 5.92 Å². The Kier molecular flexibility index (Phi) is 4.74. The number of carbonyl (C=O) groups excluding carboxylic acids is 2. The summed E-state index contributed by atoms with van der Waals surface area (Å²) in [5.41, 5.74) is 0.535. The van der Waals surface area contributed by atoms with Gasteiger partial charge in [-0.25, -0.2) is 0 Å². The number of hydrogen-bond acceptors (Lipinski definition) is 4. The Bertz CT molecular complexity index is 742. The van der Waals surface area contributed by atoms with Gasteiger partial charge in [0.2, 0.25) is 11.8 Å². The molecule has 1 saturated carbocycles. The fraction of sp³-hybridized carbons (Fsp3) is 0.619. The van der Waals surface area contributed by atoms with Gasteiger partial charge in [0.15, 0.2) is 11.5 Å². The van der Waals surface area contributed by atoms with Crippen LogP contribution >= 0.6 is 0 Å². The molecule has 146 valence electrons. The maximum Gasteiger partial charge on any atom is 0.233 e. The largest absolute Gasteiger partial charge is 0.493 e. The molecular formula is C21H28N2O4. The first-order valence-electron chi connectivity index (χ1n) is 9.88. The lowest BCUT2D eigenvalue weighted by atomic mass is 9.76. The number of ether oxygens (including phenoxy) is 2. The summed E-state index contributed by atoms with van der Waals surface area (Å²) in [5.74, 6) is 1.93. The van der Waals surface area contributed by atoms with Crippen LogP contribution in [0, 0.1) is 5.92 Å². The van der Waals surface area contributed by atoms with Crippen molar-refractivity contribution >= 4 is 11.8 Å². The van der Waals surface area contributed by atoms with Crippen LogP contribution in [0.4, 0.5) is 0 Å². The molecule has 1 N–H and O–H groups in total. The molecule has 6 heteroatoms. The predicted octanol–water partition coefficient (Wildman–Crippen LogP) is 2.25. The molecule has 27 heavy (non-hydrogen) atoms. The van der Waals surface area contributed by atoms with Gasteiger partial charge in [-0.1, -0.05) is 18.9 Å². The maximum absolute atomic E-state index is 13.7. The Hall–Kier alpha value is -2.24. The number of hydrogen-bond donors (Lipinski definition) is 1. The van der Waals surface area contributed by atoms with Crippen molar-refractivity contribution in [3.05, 3.63) is 23.8 Å². The van der Waals surface area contributed by atoms with Crippen LogP contribution in [-0.4, -0.2) is 50.1 Å². The molecular weight excluding hydrogens is 344 g/mol. The number of carbonyl (C=O) groups is 2. The average Bonchev–Trinajstić information content (AvgIpc) is 3.32. The lowest BCUT2D eigenvalue weighted by molar-refractivity contribution is -0.139. The zero-order valence-corrected chi connectivity index (χ0v) is 16.1. The van der Waals surface area contributed by atoms with Crippen LogP contribution in [0.3, 0.4) is 0 Å². The van der Waals surface area contributed by atoms with Crippen molar-refractivity contribution < 1.29 is 19.1 Å². The summed E-state index contributed by atoms with van der Waals surface area (Å²) in [6, 6.07) is 6.11. The highest BCUT2D eigenvalue weighted by Crippen LogP contribution is 2.45. The number of benzene rings is 1. The first kappa shape index (κ1) is 18.1. The van der Waals surface area contributed by atoms with Crippen molar-refractivity contribution in [2.75, 3.05) is 27.3 Å². The fourth-order valence-corrected chi connectivity index (χ4v) is 5.16. The minimum atomic E-state index is -0.484. The number of piperidine rings is 1. The molecule has 2 heterocycles. The highest BCUT2D eigenvalue weighted by molar-refractivity contribution is 5.89. The van der Waals surface area contributed by atoms with E-state index in [9.17, 15) is 9.59 Å². The number of amides is 2. The standard InChI is InChI=1S/C21H28N2O4/c1-26-17-6-5-15(12-18(17)27-2)21(8-3-4-9-21)20(25)23-10-7-16-14(13-23)11-19(24)22-16/h5-6,12,14,16H,3-4,7-11,13H2,1-2H3,(H,22,24)/t14-,16+/m1/s1. The SMILES string of the molecule is COc1ccc(C2(C(=O)N3CC[C@@H]4NC(=O)C[C@@H]4C3)CCCC2)cc1OC. The minimum absolute atomic E-state index is 0.120. The molecule has 0 spiro atoms. The third-order valence-corrected chi connectivity index (χ3v) is 6.62. The van der Waals surface area contributed by atoms with Gasteiger partial charge in [-0.15, -0.1) is 0 Å². The fourth-order valence-electron chi connectivity index (χ4n) is 5.16. The van der Waals surface area contributed by atoms with Gasteiger partial charge in [0, 0.05) is 31.5 Å². The quantitative estimate of drug-likeness (QED) is 0.880. The van der Waals surface area contributed by atoms with E-state index in [0.29, 0.717) is 24.5 Å². The molecule has 2 amide bonds. The molecule has 0 unspecified atom stereocenters. The predicted molar refractivity (Wildman–Crippen MR) is 101 cm³/mol. The van der Waals surface area contributed by atoms with E-state index in [0.717, 1.165) is 44.2 Å². The highest BCUT2D eigenvalue weighted by atomic mass is 16.5. The summed E-state index contributed by atoms with van der Waals surface area (Å²) in [6.45, 7) is 1.40. The highest BCUT2D eigenvalue weighted by Gasteiger charge is 2.47. The summed E-state index contributed by atoms with van der Waals surface area (Å²) in [6.07, 6.45) is 5.23. The number of fused-ring (bicyclic) bond motifs is 1. The second-order valence-electron chi connectivity index (χ2n) is 8.04. The van der Waals surface area contributed by atoms with E-state index < -0.39 is 5.41 Å². The molecule has 2 atom stereocenters. The molecule has 3 fully saturated rings. The van der Waals surface area contributed by atoms with Crippen LogP contribution < -0.4 is 14.8 Å². The average molecular weight is 372 g/mol. The monoisotopic (exact) mass is 372 g/mol. The molecule has 2 saturated heterocycles. The van der Waals surface area contributed by atoms with Crippen molar-refractivity contribution in [3.63, 3.8) is 0 Å². The van der Waals surface area contributed by atoms with Gasteiger partial charge in [-0.05, 0) is 37.0 Å². The summed E-state index contributed by atoms with van der Waals surface area (Å²) < 4.78 is 10.8. The Morgan fingerprint density at radius 1 is 1.19 bits per heavy atom. The lowest BCUT2D eigenvalue weighted by Crippen LogP contribution is -2.52. The third kappa shape index (κ3) is 3.05. The molecule has 4 rings (SSSR count). The van der Waals surface area contributed by atoms with Gasteiger partial charge in [-0.2, -0.15) is 0 Å². The van der Waals surface area contributed by atoms with E-state index in [1.807, 2.05) is 23.1 Å². The van der Waals surface area contributed by atoms with Crippen LogP contribution in [-0.2, 0) is 15.0 Å². The third-order valence-electron chi connectivity index (χ3n) is 6.62. The molecule has 1 aliphatic carbocycles. The van der Waals surface area contributed by atoms with Crippen LogP contribution in [0.25, 0.3) is 0 Å². The van der Waals surface area contributed by atoms with E-state index in [1.165, 1.54) is 0 Å². The molecule has 3 aliphatic rings. The number of likely N-dealkylation sites (tertiary alicyclic amines) is 1. The molecule has 1 aromatic carbocycles. The molecule has 6 nitrogen and oxygen atoms in total. The zero-order chi connectivity index (χ0) is 19.0. The Morgan fingerprint density at radius 2 is 1.93 bits per heavy atom. The molecule has 1 aromatic rings. The van der Waals surface area contributed by atoms with Crippen LogP contribution in [0.2, 0.25) is 0 Å². The van der Waals surface area contributed by atoms with Gasteiger partial charge in [0.1, 0.15) is 0 Å². The lowest BCUT2D eigenvalue weighted by Gasteiger charge is -2.40. The Morgan fingerprint density at radius 3 is 2.63 bits per heavy atom. The molecule has 0 aromatic heterocycles. The van der Waals surface area contributed by atoms with Gasteiger partial charge in [0.25, 0.3) is 0 Å². The van der Waals surface area contributed by atoms with E-state index >= 15 is 0 Å². The van der Waals surface area contributed by atoms with Crippen LogP contribution in [0.5, 0.6) is 11.5 Å². The van der Waals surface area contributed by atoms with Crippen molar-refractivity contribution in [3.8, 4) is 11.5 Å². The molecule has 2 aliphatic heterocycles. The Balaban J connectivity index is 1.62. The van der Waals surface area contributed by atoms with Gasteiger partial charge in [0.05, 0.1) is 19.6 Å². The van der Waals surface area contributed by atoms with Gasteiger partial charge in [-0.3, -0.25) is 9.59 Å². The molecule has 0 bridgehead atoms. The second kappa shape index (κ2) is 7.06. The normalized spacial score (nSPS) is 26.4. The van der Waals surface area contributed by atoms with E-state index in [2.05, 4.69) is 5.32 Å². The minimum Gasteiger partial charge on any atom is -0.493 e. The van der Waals surface area contributed by atoms with Crippen molar-refractivity contribution in [1.82, 2.24) is 10.2 Å². The smallest absolute Gasteiger partial charge is 0.233 e. The van der Waals surface area contributed by atoms with Crippen molar-refractivity contribution in [1.29, 1.82) is 0 Å². The number of nitrogens with zero attached hydrogens (tertiary/aromatic N) is 1. The number of rotatable bonds is 4. The maximum atomic E-state index is 13.7. The first-order valence-corrected chi connectivity index (χ1v) is 9.88. The van der Waals surface area contributed by atoms with Gasteiger partial charge >= 0.3 is 0 Å². The summed E-state index contributed by atoms with van der Waals surface area (Å²) in [5, 5.41) is 3.05. The van der Waals surface area contributed by atoms with Crippen LogP contribution in [0.15, 0.2) is 18.2 Å². The summed E-state index contributed by atoms with van der Waals surface area (Å²) >= 11 is 0. The van der Waals surface area contributed by atoms with Gasteiger partial charge < -0.3 is 19.7 Å². The first-order chi connectivity index (χ1) is 13.1. The van der Waals surface area contributed by atoms with E-state index in [4.69, 9.17) is 9.47 Å². The van der Waals surface area contributed by atoms with E-state index in [1.54, 1.807) is 14.2 Å². The number of methoxy groups -OCH3 is 2. The second-order valence-corrected chi connectivity index (χ2v) is 8.04. The number of nitrogens with one attached hydrogen (secondary N) is 1. The topological polar surface area (TPSA) is 67.9 Å². The zero-order valence-electron chi connectivity index (χ0n) is 16.1. The summed E-state index contributed by atoms with van der Waals surface area (Å²) in [4.78, 5) is 27.4. The molecule has 0 radical (unpaired) electrons. The Labute approximate surface area is 160 Å². The van der Waals surface area contributed by atoms with E-state index in [-0.39, 0.29) is 23.8 Å². The van der Waals surface area contributed by atoms with Crippen molar-refractivity contribution in [2.45, 2.75) is 50.0 Å². The van der Waals surface area contributed by atoms with Crippen LogP contribution in [0.1, 0.15) is 44.1 Å². The summed E-state index contributed by atoms with van der Waals surface area (Å²) in [7, 11) is 3.24.